The highest BCUT2D eigenvalue weighted by atomic mass is 16.5. The third kappa shape index (κ3) is 7.98. The third-order valence-corrected chi connectivity index (χ3v) is 3.28. The lowest BCUT2D eigenvalue weighted by molar-refractivity contribution is -0.121. The van der Waals surface area contributed by atoms with Gasteiger partial charge in [-0.3, -0.25) is 4.79 Å². The minimum absolute atomic E-state index is 0.0831. The van der Waals surface area contributed by atoms with Crippen molar-refractivity contribution in [3.8, 4) is 0 Å². The van der Waals surface area contributed by atoms with Crippen LogP contribution in [0.2, 0.25) is 0 Å². The van der Waals surface area contributed by atoms with Gasteiger partial charge in [0.1, 0.15) is 5.78 Å². The van der Waals surface area contributed by atoms with Crippen molar-refractivity contribution in [1.82, 2.24) is 0 Å². The molecular formula is C15H29NO3. The number of carbonyl (C=O) groups is 1. The molecule has 1 atom stereocenters. The lowest BCUT2D eigenvalue weighted by atomic mass is 9.83. The number of rotatable bonds is 6. The van der Waals surface area contributed by atoms with Crippen molar-refractivity contribution in [2.75, 3.05) is 13.2 Å². The maximum atomic E-state index is 11.6. The maximum absolute atomic E-state index is 11.6. The molecule has 4 heteroatoms. The van der Waals surface area contributed by atoms with Gasteiger partial charge in [-0.05, 0) is 33.1 Å². The highest BCUT2D eigenvalue weighted by Gasteiger charge is 2.27. The number of hydrogen-bond acceptors (Lipinski definition) is 4. The first-order chi connectivity index (χ1) is 9.21. The van der Waals surface area contributed by atoms with Crippen LogP contribution >= 0.6 is 0 Å². The van der Waals surface area contributed by atoms with E-state index in [-0.39, 0.29) is 11.7 Å². The number of hydrogen-bond donors (Lipinski definition) is 1. The molecular weight excluding hydrogens is 242 g/mol. The second-order valence-electron chi connectivity index (χ2n) is 4.74. The van der Waals surface area contributed by atoms with E-state index in [9.17, 15) is 4.79 Å². The molecule has 0 aromatic rings. The Morgan fingerprint density at radius 1 is 1.21 bits per heavy atom. The lowest BCUT2D eigenvalue weighted by Crippen LogP contribution is -2.28. The van der Waals surface area contributed by atoms with Crippen LogP contribution in [0.3, 0.4) is 0 Å². The molecule has 0 heterocycles. The van der Waals surface area contributed by atoms with Crippen LogP contribution in [0.4, 0.5) is 0 Å². The van der Waals surface area contributed by atoms with E-state index in [4.69, 9.17) is 9.94 Å². The first kappa shape index (κ1) is 18.1. The van der Waals surface area contributed by atoms with Crippen LogP contribution in [-0.2, 0) is 9.53 Å². The molecule has 1 aliphatic rings. The molecule has 1 fully saturated rings. The summed E-state index contributed by atoms with van der Waals surface area (Å²) < 4.78 is 4.83. The topological polar surface area (TPSA) is 58.9 Å². The van der Waals surface area contributed by atoms with Crippen molar-refractivity contribution < 1.29 is 14.7 Å². The first-order valence-corrected chi connectivity index (χ1v) is 7.52. The van der Waals surface area contributed by atoms with Crippen molar-refractivity contribution in [3.63, 3.8) is 0 Å². The van der Waals surface area contributed by atoms with Gasteiger partial charge in [0, 0.05) is 19.6 Å². The average molecular weight is 271 g/mol. The van der Waals surface area contributed by atoms with Crippen molar-refractivity contribution in [3.05, 3.63) is 0 Å². The number of oxime groups is 1. The fourth-order valence-electron chi connectivity index (χ4n) is 2.23. The predicted molar refractivity (Wildman–Crippen MR) is 77.9 cm³/mol. The Morgan fingerprint density at radius 2 is 1.89 bits per heavy atom. The van der Waals surface area contributed by atoms with E-state index in [2.05, 4.69) is 12.1 Å². The van der Waals surface area contributed by atoms with Crippen LogP contribution in [0.1, 0.15) is 65.7 Å². The molecule has 0 radical (unpaired) electrons. The van der Waals surface area contributed by atoms with Crippen LogP contribution < -0.4 is 0 Å². The minimum atomic E-state index is -0.0831. The van der Waals surface area contributed by atoms with Crippen LogP contribution in [0.15, 0.2) is 5.16 Å². The molecule has 112 valence electrons. The molecule has 0 saturated heterocycles. The monoisotopic (exact) mass is 271 g/mol. The number of carbonyl (C=O) groups excluding carboxylic acids is 1. The summed E-state index contributed by atoms with van der Waals surface area (Å²) in [5, 5.41) is 12.0. The van der Waals surface area contributed by atoms with Gasteiger partial charge < -0.3 is 9.94 Å². The number of unbranched alkanes of at least 4 members (excludes halogenated alkanes) is 2. The molecule has 4 nitrogen and oxygen atoms in total. The number of ether oxygens (including phenoxy) is 1. The van der Waals surface area contributed by atoms with Gasteiger partial charge in [-0.15, -0.1) is 0 Å². The van der Waals surface area contributed by atoms with Gasteiger partial charge in [-0.1, -0.05) is 31.3 Å². The van der Waals surface area contributed by atoms with E-state index >= 15 is 0 Å². The smallest absolute Gasteiger partial charge is 0.141 e. The molecule has 0 aromatic carbocycles. The van der Waals surface area contributed by atoms with Crippen LogP contribution in [0, 0.1) is 5.92 Å². The molecule has 1 unspecified atom stereocenters. The number of nitrogens with zero attached hydrogens (tertiary/aromatic N) is 1. The Morgan fingerprint density at radius 3 is 2.37 bits per heavy atom. The highest BCUT2D eigenvalue weighted by molar-refractivity contribution is 6.06. The normalized spacial score (nSPS) is 21.1. The molecule has 1 rings (SSSR count). The average Bonchev–Trinajstić information content (AvgIpc) is 2.42. The minimum Gasteiger partial charge on any atom is -0.411 e. The van der Waals surface area contributed by atoms with Crippen molar-refractivity contribution in [2.24, 2.45) is 11.1 Å². The van der Waals surface area contributed by atoms with Crippen LogP contribution in [-0.4, -0.2) is 29.9 Å². The summed E-state index contributed by atoms with van der Waals surface area (Å²) in [6, 6.07) is 0. The number of Topliss-reactive ketones (excluding diaryl/α,β-unsaturated/α-hetero) is 1. The van der Waals surface area contributed by atoms with Crippen LogP contribution in [0.5, 0.6) is 0 Å². The van der Waals surface area contributed by atoms with Crippen molar-refractivity contribution in [1.29, 1.82) is 0 Å². The molecule has 0 spiro atoms. The summed E-state index contributed by atoms with van der Waals surface area (Å²) >= 11 is 0. The SMILES string of the molecule is CCCCCC1C(=O)CCC/C1=N\O.CCOCC. The standard InChI is InChI=1S/C11H19NO2.C4H10O/c1-2-3-4-6-9-10(12-14)7-5-8-11(9)13;1-3-5-4-2/h9,14H,2-8H2,1H3;3-4H2,1-2H3/b12-10+;. The molecule has 0 aliphatic heterocycles. The summed E-state index contributed by atoms with van der Waals surface area (Å²) in [6.07, 6.45) is 6.55. The Bertz CT molecular complexity index is 262. The molecule has 19 heavy (non-hydrogen) atoms. The maximum Gasteiger partial charge on any atom is 0.141 e. The molecule has 0 amide bonds. The Hall–Kier alpha value is -0.900. The molecule has 1 N–H and O–H groups in total. The predicted octanol–water partition coefficient (Wildman–Crippen LogP) is 3.81. The largest absolute Gasteiger partial charge is 0.411 e. The van der Waals surface area contributed by atoms with Crippen molar-refractivity contribution >= 4 is 11.5 Å². The van der Waals surface area contributed by atoms with Crippen LogP contribution in [0.25, 0.3) is 0 Å². The molecule has 1 aliphatic carbocycles. The van der Waals surface area contributed by atoms with Crippen molar-refractivity contribution in [2.45, 2.75) is 65.7 Å². The summed E-state index contributed by atoms with van der Waals surface area (Å²) in [7, 11) is 0. The van der Waals surface area contributed by atoms with E-state index in [1.165, 1.54) is 0 Å². The van der Waals surface area contributed by atoms with Gasteiger partial charge >= 0.3 is 0 Å². The quantitative estimate of drug-likeness (QED) is 0.454. The third-order valence-electron chi connectivity index (χ3n) is 3.28. The van der Waals surface area contributed by atoms with E-state index in [0.717, 1.165) is 51.7 Å². The van der Waals surface area contributed by atoms with Gasteiger partial charge in [0.2, 0.25) is 0 Å². The van der Waals surface area contributed by atoms with Gasteiger partial charge in [-0.2, -0.15) is 0 Å². The second kappa shape index (κ2) is 12.2. The fourth-order valence-corrected chi connectivity index (χ4v) is 2.23. The zero-order chi connectivity index (χ0) is 14.5. The molecule has 1 saturated carbocycles. The van der Waals surface area contributed by atoms with E-state index < -0.39 is 0 Å². The molecule has 0 bridgehead atoms. The fraction of sp³-hybridized carbons (Fsp3) is 0.867. The zero-order valence-corrected chi connectivity index (χ0v) is 12.7. The summed E-state index contributed by atoms with van der Waals surface area (Å²) in [6.45, 7) is 7.81. The van der Waals surface area contributed by atoms with Gasteiger partial charge in [0.05, 0.1) is 11.6 Å². The van der Waals surface area contributed by atoms with E-state index in [1.807, 2.05) is 13.8 Å². The summed E-state index contributed by atoms with van der Waals surface area (Å²) in [4.78, 5) is 11.6. The van der Waals surface area contributed by atoms with E-state index in [0.29, 0.717) is 12.1 Å². The highest BCUT2D eigenvalue weighted by Crippen LogP contribution is 2.23. The summed E-state index contributed by atoms with van der Waals surface area (Å²) in [5.74, 6) is 0.181. The Balaban J connectivity index is 0.000000555. The zero-order valence-electron chi connectivity index (χ0n) is 12.7. The lowest BCUT2D eigenvalue weighted by Gasteiger charge is -2.21. The van der Waals surface area contributed by atoms with E-state index in [1.54, 1.807) is 0 Å². The summed E-state index contributed by atoms with van der Waals surface area (Å²) in [5.41, 5.74) is 0.706. The van der Waals surface area contributed by atoms with Gasteiger partial charge in [0.25, 0.3) is 0 Å². The second-order valence-corrected chi connectivity index (χ2v) is 4.74. The van der Waals surface area contributed by atoms with Gasteiger partial charge in [-0.25, -0.2) is 0 Å². The van der Waals surface area contributed by atoms with Gasteiger partial charge in [0.15, 0.2) is 0 Å². The molecule has 0 aromatic heterocycles. The first-order valence-electron chi connectivity index (χ1n) is 7.52. The Kier molecular flexibility index (Phi) is 11.6. The number of ketones is 1. The Labute approximate surface area is 117 Å².